The van der Waals surface area contributed by atoms with Crippen LogP contribution < -0.4 is 10.5 Å². The van der Waals surface area contributed by atoms with Crippen LogP contribution in [0.2, 0.25) is 0 Å². The average molecular weight is 257 g/mol. The third kappa shape index (κ3) is 4.02. The van der Waals surface area contributed by atoms with E-state index < -0.39 is 9.84 Å². The van der Waals surface area contributed by atoms with Crippen LogP contribution in [-0.2, 0) is 16.4 Å². The van der Waals surface area contributed by atoms with E-state index in [2.05, 4.69) is 0 Å². The Morgan fingerprint density at radius 3 is 2.65 bits per heavy atom. The Labute approximate surface area is 103 Å². The first-order valence-electron chi connectivity index (χ1n) is 5.62. The van der Waals surface area contributed by atoms with E-state index in [-0.39, 0.29) is 18.1 Å². The van der Waals surface area contributed by atoms with E-state index in [0.29, 0.717) is 12.3 Å². The number of nitrogens with two attached hydrogens (primary N) is 1. The first-order chi connectivity index (χ1) is 8.00. The molecular weight excluding hydrogens is 238 g/mol. The molecule has 0 saturated heterocycles. The first-order valence-corrected chi connectivity index (χ1v) is 7.44. The van der Waals surface area contributed by atoms with Crippen molar-refractivity contribution >= 4 is 9.84 Å². The van der Waals surface area contributed by atoms with E-state index in [4.69, 9.17) is 10.5 Å². The summed E-state index contributed by atoms with van der Waals surface area (Å²) < 4.78 is 28.2. The number of hydrogen-bond acceptors (Lipinski definition) is 4. The smallest absolute Gasteiger partial charge is 0.153 e. The Balaban J connectivity index is 2.70. The largest absolute Gasteiger partial charge is 0.492 e. The molecule has 0 atom stereocenters. The Bertz CT molecular complexity index is 469. The fraction of sp³-hybridized carbons (Fsp3) is 0.500. The summed E-state index contributed by atoms with van der Waals surface area (Å²) >= 11 is 0. The van der Waals surface area contributed by atoms with Crippen LogP contribution in [0, 0.1) is 6.92 Å². The molecule has 0 saturated carbocycles. The van der Waals surface area contributed by atoms with Gasteiger partial charge in [0.05, 0.1) is 5.75 Å². The molecule has 1 aromatic rings. The van der Waals surface area contributed by atoms with Crippen LogP contribution in [0.25, 0.3) is 0 Å². The van der Waals surface area contributed by atoms with E-state index in [1.807, 2.05) is 25.1 Å². The van der Waals surface area contributed by atoms with Crippen molar-refractivity contribution in [2.75, 3.05) is 18.1 Å². The molecule has 0 aliphatic carbocycles. The van der Waals surface area contributed by atoms with Crippen molar-refractivity contribution in [3.8, 4) is 5.75 Å². The molecule has 1 rings (SSSR count). The van der Waals surface area contributed by atoms with Gasteiger partial charge >= 0.3 is 0 Å². The number of rotatable bonds is 6. The molecule has 1 aromatic carbocycles. The fourth-order valence-corrected chi connectivity index (χ4v) is 2.12. The van der Waals surface area contributed by atoms with Gasteiger partial charge in [-0.3, -0.25) is 0 Å². The van der Waals surface area contributed by atoms with Gasteiger partial charge in [0.25, 0.3) is 0 Å². The molecule has 5 heteroatoms. The predicted octanol–water partition coefficient (Wildman–Crippen LogP) is 1.27. The maximum Gasteiger partial charge on any atom is 0.153 e. The van der Waals surface area contributed by atoms with Gasteiger partial charge in [-0.2, -0.15) is 0 Å². The lowest BCUT2D eigenvalue weighted by molar-refractivity contribution is 0.335. The second-order valence-corrected chi connectivity index (χ2v) is 6.32. The van der Waals surface area contributed by atoms with Crippen LogP contribution in [0.4, 0.5) is 0 Å². The summed E-state index contributed by atoms with van der Waals surface area (Å²) in [5.41, 5.74) is 7.48. The minimum atomic E-state index is -2.98. The van der Waals surface area contributed by atoms with E-state index in [1.54, 1.807) is 6.92 Å². The van der Waals surface area contributed by atoms with Crippen LogP contribution in [0.15, 0.2) is 18.2 Å². The lowest BCUT2D eigenvalue weighted by Gasteiger charge is -2.12. The molecule has 0 bridgehead atoms. The summed E-state index contributed by atoms with van der Waals surface area (Å²) in [5.74, 6) is 0.900. The molecule has 17 heavy (non-hydrogen) atoms. The summed E-state index contributed by atoms with van der Waals surface area (Å²) in [4.78, 5) is 0. The number of sulfone groups is 1. The molecule has 0 aliphatic heterocycles. The second kappa shape index (κ2) is 6.02. The minimum absolute atomic E-state index is 0.0435. The molecule has 0 amide bonds. The monoisotopic (exact) mass is 257 g/mol. The highest BCUT2D eigenvalue weighted by atomic mass is 32.2. The van der Waals surface area contributed by atoms with Crippen LogP contribution in [0.5, 0.6) is 5.75 Å². The van der Waals surface area contributed by atoms with Gasteiger partial charge in [-0.15, -0.1) is 0 Å². The van der Waals surface area contributed by atoms with E-state index in [0.717, 1.165) is 11.1 Å². The molecule has 0 spiro atoms. The SMILES string of the molecule is CCS(=O)(=O)CCOc1c(C)cccc1CN. The Morgan fingerprint density at radius 2 is 2.06 bits per heavy atom. The summed E-state index contributed by atoms with van der Waals surface area (Å²) in [6.45, 7) is 4.11. The van der Waals surface area contributed by atoms with Gasteiger partial charge in [0.1, 0.15) is 12.4 Å². The Hall–Kier alpha value is -1.07. The highest BCUT2D eigenvalue weighted by Crippen LogP contribution is 2.22. The lowest BCUT2D eigenvalue weighted by Crippen LogP contribution is -2.16. The van der Waals surface area contributed by atoms with Gasteiger partial charge in [-0.25, -0.2) is 8.42 Å². The van der Waals surface area contributed by atoms with Crippen molar-refractivity contribution in [3.63, 3.8) is 0 Å². The standard InChI is InChI=1S/C12H19NO3S/c1-3-17(14,15)8-7-16-12-10(2)5-4-6-11(12)9-13/h4-6H,3,7-9,13H2,1-2H3. The van der Waals surface area contributed by atoms with Crippen molar-refractivity contribution in [3.05, 3.63) is 29.3 Å². The molecule has 0 radical (unpaired) electrons. The number of aryl methyl sites for hydroxylation is 1. The van der Waals surface area contributed by atoms with Gasteiger partial charge in [-0.1, -0.05) is 25.1 Å². The van der Waals surface area contributed by atoms with Crippen molar-refractivity contribution in [2.45, 2.75) is 20.4 Å². The maximum atomic E-state index is 11.3. The molecular formula is C12H19NO3S. The Morgan fingerprint density at radius 1 is 1.35 bits per heavy atom. The highest BCUT2D eigenvalue weighted by molar-refractivity contribution is 7.91. The molecule has 0 unspecified atom stereocenters. The van der Waals surface area contributed by atoms with Crippen molar-refractivity contribution in [1.82, 2.24) is 0 Å². The maximum absolute atomic E-state index is 11.3. The topological polar surface area (TPSA) is 69.4 Å². The third-order valence-electron chi connectivity index (χ3n) is 2.59. The summed E-state index contributed by atoms with van der Waals surface area (Å²) in [6, 6.07) is 5.71. The van der Waals surface area contributed by atoms with Gasteiger partial charge in [0.2, 0.25) is 0 Å². The summed E-state index contributed by atoms with van der Waals surface area (Å²) in [7, 11) is -2.98. The van der Waals surface area contributed by atoms with Crippen LogP contribution >= 0.6 is 0 Å². The fourth-order valence-electron chi connectivity index (χ4n) is 1.50. The molecule has 0 heterocycles. The number of para-hydroxylation sites is 1. The molecule has 4 nitrogen and oxygen atoms in total. The number of benzene rings is 1. The lowest BCUT2D eigenvalue weighted by atomic mass is 10.1. The molecule has 96 valence electrons. The van der Waals surface area contributed by atoms with E-state index in [1.165, 1.54) is 0 Å². The third-order valence-corrected chi connectivity index (χ3v) is 4.26. The van der Waals surface area contributed by atoms with Gasteiger partial charge in [0.15, 0.2) is 9.84 Å². The predicted molar refractivity (Wildman–Crippen MR) is 68.9 cm³/mol. The average Bonchev–Trinajstić information content (AvgIpc) is 2.31. The highest BCUT2D eigenvalue weighted by Gasteiger charge is 2.10. The summed E-state index contributed by atoms with van der Waals surface area (Å²) in [6.07, 6.45) is 0. The second-order valence-electron chi connectivity index (χ2n) is 3.85. The number of ether oxygens (including phenoxy) is 1. The van der Waals surface area contributed by atoms with Gasteiger partial charge in [-0.05, 0) is 12.5 Å². The van der Waals surface area contributed by atoms with Crippen molar-refractivity contribution < 1.29 is 13.2 Å². The zero-order valence-electron chi connectivity index (χ0n) is 10.3. The van der Waals surface area contributed by atoms with Crippen LogP contribution in [0.3, 0.4) is 0 Å². The number of hydrogen-bond donors (Lipinski definition) is 1. The quantitative estimate of drug-likeness (QED) is 0.833. The molecule has 0 aliphatic rings. The van der Waals surface area contributed by atoms with Crippen LogP contribution in [-0.4, -0.2) is 26.5 Å². The molecule has 0 aromatic heterocycles. The Kier molecular flexibility index (Phi) is 4.96. The van der Waals surface area contributed by atoms with Crippen molar-refractivity contribution in [2.24, 2.45) is 5.73 Å². The van der Waals surface area contributed by atoms with E-state index in [9.17, 15) is 8.42 Å². The first kappa shape index (κ1) is 14.0. The molecule has 2 N–H and O–H groups in total. The van der Waals surface area contributed by atoms with E-state index >= 15 is 0 Å². The van der Waals surface area contributed by atoms with Crippen molar-refractivity contribution in [1.29, 1.82) is 0 Å². The zero-order valence-corrected chi connectivity index (χ0v) is 11.1. The zero-order chi connectivity index (χ0) is 12.9. The van der Waals surface area contributed by atoms with Gasteiger partial charge < -0.3 is 10.5 Å². The minimum Gasteiger partial charge on any atom is -0.492 e. The van der Waals surface area contributed by atoms with Crippen LogP contribution in [0.1, 0.15) is 18.1 Å². The normalized spacial score (nSPS) is 11.5. The van der Waals surface area contributed by atoms with Gasteiger partial charge in [0, 0.05) is 17.9 Å². The summed E-state index contributed by atoms with van der Waals surface area (Å²) in [5, 5.41) is 0. The molecule has 0 fully saturated rings.